The zero-order chi connectivity index (χ0) is 11.5. The van der Waals surface area contributed by atoms with Crippen molar-refractivity contribution in [2.45, 2.75) is 18.9 Å². The molecule has 2 aromatic rings. The summed E-state index contributed by atoms with van der Waals surface area (Å²) in [7, 11) is 0. The van der Waals surface area contributed by atoms with Crippen LogP contribution in [0.1, 0.15) is 22.7 Å². The zero-order valence-corrected chi connectivity index (χ0v) is 9.63. The van der Waals surface area contributed by atoms with Gasteiger partial charge in [-0.2, -0.15) is 0 Å². The first-order valence-corrected chi connectivity index (χ1v) is 5.97. The van der Waals surface area contributed by atoms with Crippen molar-refractivity contribution >= 4 is 0 Å². The molecule has 0 aliphatic heterocycles. The van der Waals surface area contributed by atoms with Crippen LogP contribution in [0.25, 0.3) is 0 Å². The molecule has 1 atom stereocenters. The number of fused-ring (bicyclic) bond motifs is 1. The number of nitrogens with zero attached hydrogens (tertiary/aromatic N) is 2. The van der Waals surface area contributed by atoms with Gasteiger partial charge in [-0.25, -0.2) is 0 Å². The number of rotatable bonds is 4. The molecule has 3 heteroatoms. The molecule has 1 heterocycles. The Labute approximate surface area is 101 Å². The van der Waals surface area contributed by atoms with E-state index in [4.69, 9.17) is 0 Å². The maximum atomic E-state index is 4.24. The number of benzene rings is 1. The molecular weight excluding hydrogens is 210 g/mol. The fourth-order valence-corrected chi connectivity index (χ4v) is 2.34. The van der Waals surface area contributed by atoms with Crippen molar-refractivity contribution in [3.05, 3.63) is 59.7 Å². The number of hydrogen-bond donors (Lipinski definition) is 1. The average molecular weight is 225 g/mol. The molecule has 0 spiro atoms. The van der Waals surface area contributed by atoms with Crippen LogP contribution in [0.2, 0.25) is 0 Å². The maximum Gasteiger partial charge on any atom is 0.0724 e. The topological polar surface area (TPSA) is 37.8 Å². The Morgan fingerprint density at radius 3 is 3.00 bits per heavy atom. The Morgan fingerprint density at radius 2 is 2.18 bits per heavy atom. The van der Waals surface area contributed by atoms with Gasteiger partial charge in [0.2, 0.25) is 0 Å². The van der Waals surface area contributed by atoms with E-state index < -0.39 is 0 Å². The van der Waals surface area contributed by atoms with Crippen LogP contribution in [0, 0.1) is 0 Å². The molecule has 3 nitrogen and oxygen atoms in total. The average Bonchev–Trinajstić information content (AvgIpc) is 2.36. The summed E-state index contributed by atoms with van der Waals surface area (Å²) < 4.78 is 0. The Hall–Kier alpha value is -1.74. The van der Waals surface area contributed by atoms with Gasteiger partial charge >= 0.3 is 0 Å². The lowest BCUT2D eigenvalue weighted by atomic mass is 9.77. The fraction of sp³-hybridized carbons (Fsp3) is 0.286. The van der Waals surface area contributed by atoms with Gasteiger partial charge in [-0.05, 0) is 17.5 Å². The lowest BCUT2D eigenvalue weighted by Crippen LogP contribution is -2.29. The fourth-order valence-electron chi connectivity index (χ4n) is 2.34. The van der Waals surface area contributed by atoms with Gasteiger partial charge in [-0.1, -0.05) is 24.3 Å². The molecule has 0 bridgehead atoms. The summed E-state index contributed by atoms with van der Waals surface area (Å²) in [5.74, 6) is 0.669. The Morgan fingerprint density at radius 1 is 1.24 bits per heavy atom. The maximum absolute atomic E-state index is 4.24. The molecule has 1 aliphatic carbocycles. The minimum atomic E-state index is 0.669. The van der Waals surface area contributed by atoms with Crippen LogP contribution < -0.4 is 5.32 Å². The van der Waals surface area contributed by atoms with Gasteiger partial charge in [0.05, 0.1) is 5.69 Å². The van der Waals surface area contributed by atoms with Crippen LogP contribution in [0.5, 0.6) is 0 Å². The molecule has 1 aromatic heterocycles. The van der Waals surface area contributed by atoms with E-state index in [-0.39, 0.29) is 0 Å². The van der Waals surface area contributed by atoms with Gasteiger partial charge in [0.15, 0.2) is 0 Å². The van der Waals surface area contributed by atoms with E-state index in [1.807, 2.05) is 6.20 Å². The molecule has 86 valence electrons. The van der Waals surface area contributed by atoms with E-state index in [2.05, 4.69) is 39.6 Å². The summed E-state index contributed by atoms with van der Waals surface area (Å²) in [6.45, 7) is 1.82. The predicted molar refractivity (Wildman–Crippen MR) is 66.6 cm³/mol. The van der Waals surface area contributed by atoms with Gasteiger partial charge < -0.3 is 5.32 Å². The van der Waals surface area contributed by atoms with Crippen molar-refractivity contribution in [2.75, 3.05) is 6.54 Å². The van der Waals surface area contributed by atoms with Crippen molar-refractivity contribution in [3.63, 3.8) is 0 Å². The normalized spacial score (nSPS) is 17.3. The van der Waals surface area contributed by atoms with Crippen LogP contribution >= 0.6 is 0 Å². The summed E-state index contributed by atoms with van der Waals surface area (Å²) in [6.07, 6.45) is 6.44. The molecule has 0 fully saturated rings. The highest BCUT2D eigenvalue weighted by Gasteiger charge is 2.24. The molecule has 1 aromatic carbocycles. The molecule has 17 heavy (non-hydrogen) atoms. The van der Waals surface area contributed by atoms with Crippen LogP contribution in [-0.2, 0) is 13.0 Å². The summed E-state index contributed by atoms with van der Waals surface area (Å²) in [5, 5.41) is 3.44. The van der Waals surface area contributed by atoms with Gasteiger partial charge in [-0.3, -0.25) is 9.97 Å². The van der Waals surface area contributed by atoms with E-state index in [0.29, 0.717) is 5.92 Å². The third kappa shape index (κ3) is 2.19. The number of nitrogens with one attached hydrogen (secondary N) is 1. The van der Waals surface area contributed by atoms with E-state index in [1.54, 1.807) is 12.4 Å². The van der Waals surface area contributed by atoms with Gasteiger partial charge in [0, 0.05) is 37.6 Å². The lowest BCUT2D eigenvalue weighted by molar-refractivity contribution is 0.532. The number of hydrogen-bond acceptors (Lipinski definition) is 3. The molecule has 0 saturated heterocycles. The Kier molecular flexibility index (Phi) is 2.84. The molecule has 3 rings (SSSR count). The molecular formula is C14H15N3. The molecule has 0 radical (unpaired) electrons. The standard InChI is InChI=1S/C14H15N3/c1-2-4-14-11(3-1)7-12(14)8-16-10-13-9-15-5-6-17-13/h1-6,9,12,16H,7-8,10H2. The molecule has 0 amide bonds. The second kappa shape index (κ2) is 4.63. The van der Waals surface area contributed by atoms with Gasteiger partial charge in [0.25, 0.3) is 0 Å². The van der Waals surface area contributed by atoms with Crippen molar-refractivity contribution in [1.29, 1.82) is 0 Å². The molecule has 1 N–H and O–H groups in total. The van der Waals surface area contributed by atoms with Crippen LogP contribution in [0.4, 0.5) is 0 Å². The predicted octanol–water partition coefficient (Wildman–Crippen LogP) is 1.91. The van der Waals surface area contributed by atoms with Crippen LogP contribution in [-0.4, -0.2) is 16.5 Å². The van der Waals surface area contributed by atoms with Crippen molar-refractivity contribution in [1.82, 2.24) is 15.3 Å². The minimum absolute atomic E-state index is 0.669. The lowest BCUT2D eigenvalue weighted by Gasteiger charge is -2.30. The quantitative estimate of drug-likeness (QED) is 0.863. The molecule has 0 saturated carbocycles. The first-order chi connectivity index (χ1) is 8.43. The second-order valence-corrected chi connectivity index (χ2v) is 4.43. The minimum Gasteiger partial charge on any atom is -0.310 e. The third-order valence-electron chi connectivity index (χ3n) is 3.27. The largest absolute Gasteiger partial charge is 0.310 e. The van der Waals surface area contributed by atoms with Crippen molar-refractivity contribution in [2.24, 2.45) is 0 Å². The summed E-state index contributed by atoms with van der Waals surface area (Å²) >= 11 is 0. The molecule has 1 aliphatic rings. The number of aromatic nitrogens is 2. The third-order valence-corrected chi connectivity index (χ3v) is 3.27. The van der Waals surface area contributed by atoms with Gasteiger partial charge in [0.1, 0.15) is 0 Å². The first-order valence-electron chi connectivity index (χ1n) is 5.97. The molecule has 1 unspecified atom stereocenters. The van der Waals surface area contributed by atoms with Crippen molar-refractivity contribution in [3.8, 4) is 0 Å². The van der Waals surface area contributed by atoms with E-state index in [0.717, 1.165) is 18.8 Å². The monoisotopic (exact) mass is 225 g/mol. The summed E-state index contributed by atoms with van der Waals surface area (Å²) in [5.41, 5.74) is 4.00. The second-order valence-electron chi connectivity index (χ2n) is 4.43. The van der Waals surface area contributed by atoms with Crippen molar-refractivity contribution < 1.29 is 0 Å². The SMILES string of the molecule is c1ccc2c(c1)CC2CNCc1cnccn1. The highest BCUT2D eigenvalue weighted by molar-refractivity contribution is 5.40. The summed E-state index contributed by atoms with van der Waals surface area (Å²) in [4.78, 5) is 8.29. The van der Waals surface area contributed by atoms with Crippen LogP contribution in [0.3, 0.4) is 0 Å². The van der Waals surface area contributed by atoms with E-state index in [9.17, 15) is 0 Å². The highest BCUT2D eigenvalue weighted by Crippen LogP contribution is 2.33. The van der Waals surface area contributed by atoms with Crippen LogP contribution in [0.15, 0.2) is 42.9 Å². The van der Waals surface area contributed by atoms with E-state index >= 15 is 0 Å². The Balaban J connectivity index is 1.51. The summed E-state index contributed by atoms with van der Waals surface area (Å²) in [6, 6.07) is 8.68. The highest BCUT2D eigenvalue weighted by atomic mass is 14.9. The zero-order valence-electron chi connectivity index (χ0n) is 9.63. The van der Waals surface area contributed by atoms with Gasteiger partial charge in [-0.15, -0.1) is 0 Å². The Bertz CT molecular complexity index is 496. The first kappa shape index (κ1) is 10.4. The smallest absolute Gasteiger partial charge is 0.0724 e. The van der Waals surface area contributed by atoms with E-state index in [1.165, 1.54) is 17.5 Å².